The van der Waals surface area contributed by atoms with Gasteiger partial charge in [-0.05, 0) is 54.0 Å². The van der Waals surface area contributed by atoms with Crippen LogP contribution in [0.4, 0.5) is 5.69 Å². The average Bonchev–Trinajstić information content (AvgIpc) is 2.78. The third kappa shape index (κ3) is 5.95. The van der Waals surface area contributed by atoms with Crippen molar-refractivity contribution in [3.63, 3.8) is 0 Å². The van der Waals surface area contributed by atoms with Gasteiger partial charge in [-0.2, -0.15) is 0 Å². The molecule has 3 rings (SSSR count). The molecular weight excluding hydrogens is 438 g/mol. The molecule has 3 aromatic rings. The summed E-state index contributed by atoms with van der Waals surface area (Å²) in [7, 11) is 1.98. The molecule has 0 aliphatic rings. The van der Waals surface area contributed by atoms with E-state index in [0.717, 1.165) is 39.1 Å². The van der Waals surface area contributed by atoms with E-state index in [1.807, 2.05) is 79.5 Å². The summed E-state index contributed by atoms with van der Waals surface area (Å²) in [6.45, 7) is 5.28. The number of pyridine rings is 1. The van der Waals surface area contributed by atoms with Gasteiger partial charge in [-0.25, -0.2) is 9.98 Å². The molecule has 0 amide bonds. The van der Waals surface area contributed by atoms with Crippen molar-refractivity contribution in [3.8, 4) is 17.7 Å². The molecule has 0 saturated heterocycles. The molecule has 30 heavy (non-hydrogen) atoms. The van der Waals surface area contributed by atoms with Crippen LogP contribution < -0.4 is 4.74 Å². The van der Waals surface area contributed by atoms with Crippen LogP contribution in [0.25, 0.3) is 0 Å². The largest absolute Gasteiger partial charge is 0.472 e. The Labute approximate surface area is 186 Å². The number of hydrogen-bond donors (Lipinski definition) is 0. The first-order valence-corrected chi connectivity index (χ1v) is 10.6. The lowest BCUT2D eigenvalue weighted by molar-refractivity contribution is 0.291. The molecule has 0 bridgehead atoms. The number of rotatable bonds is 6. The second-order valence-electron chi connectivity index (χ2n) is 6.76. The van der Waals surface area contributed by atoms with E-state index in [-0.39, 0.29) is 0 Å². The molecule has 0 atom stereocenters. The topological polar surface area (TPSA) is 37.7 Å². The van der Waals surface area contributed by atoms with Crippen LogP contribution >= 0.6 is 15.9 Å². The highest BCUT2D eigenvalue weighted by molar-refractivity contribution is 9.10. The van der Waals surface area contributed by atoms with Crippen molar-refractivity contribution in [3.05, 3.63) is 87.5 Å². The Balaban J connectivity index is 1.76. The number of aryl methyl sites for hydroxylation is 1. The molecular formula is C25H24BrN3O. The van der Waals surface area contributed by atoms with Gasteiger partial charge in [-0.15, -0.1) is 0 Å². The van der Waals surface area contributed by atoms with Crippen LogP contribution in [0.3, 0.4) is 0 Å². The minimum absolute atomic E-state index is 0.381. The summed E-state index contributed by atoms with van der Waals surface area (Å²) in [5.74, 6) is 7.00. The van der Waals surface area contributed by atoms with Crippen LogP contribution in [-0.4, -0.2) is 29.8 Å². The van der Waals surface area contributed by atoms with Crippen molar-refractivity contribution < 1.29 is 4.74 Å². The van der Waals surface area contributed by atoms with Crippen LogP contribution in [-0.2, 0) is 6.61 Å². The standard InChI is InChI=1S/C25H24BrN3O/c1-4-29(3)18-27-24-16-23(26)25(28-19(24)2)30-17-22-13-9-8-12-21(22)15-14-20-10-6-5-7-11-20/h5-13,16,18H,4,17H2,1-3H3/b27-18+. The van der Waals surface area contributed by atoms with Crippen LogP contribution in [0.1, 0.15) is 29.3 Å². The third-order valence-corrected chi connectivity index (χ3v) is 5.07. The maximum absolute atomic E-state index is 6.01. The van der Waals surface area contributed by atoms with Crippen molar-refractivity contribution in [2.75, 3.05) is 13.6 Å². The maximum Gasteiger partial charge on any atom is 0.228 e. The molecule has 5 heteroatoms. The molecule has 0 N–H and O–H groups in total. The molecule has 152 valence electrons. The zero-order chi connectivity index (χ0) is 21.3. The predicted octanol–water partition coefficient (Wildman–Crippen LogP) is 5.74. The molecule has 0 saturated carbocycles. The summed E-state index contributed by atoms with van der Waals surface area (Å²) in [6, 6.07) is 19.9. The molecule has 1 aromatic heterocycles. The first-order valence-electron chi connectivity index (χ1n) is 9.76. The van der Waals surface area contributed by atoms with E-state index in [9.17, 15) is 0 Å². The molecule has 0 aliphatic heterocycles. The van der Waals surface area contributed by atoms with Crippen molar-refractivity contribution in [2.24, 2.45) is 4.99 Å². The second kappa shape index (κ2) is 10.6. The fourth-order valence-electron chi connectivity index (χ4n) is 2.60. The monoisotopic (exact) mass is 461 g/mol. The maximum atomic E-state index is 6.01. The number of nitrogens with zero attached hydrogens (tertiary/aromatic N) is 3. The Morgan fingerprint density at radius 1 is 1.10 bits per heavy atom. The average molecular weight is 462 g/mol. The van der Waals surface area contributed by atoms with E-state index >= 15 is 0 Å². The summed E-state index contributed by atoms with van der Waals surface area (Å²) in [5, 5.41) is 0. The normalized spacial score (nSPS) is 10.5. The van der Waals surface area contributed by atoms with E-state index in [0.29, 0.717) is 12.5 Å². The van der Waals surface area contributed by atoms with Crippen LogP contribution in [0, 0.1) is 18.8 Å². The van der Waals surface area contributed by atoms with Crippen molar-refractivity contribution in [2.45, 2.75) is 20.5 Å². The van der Waals surface area contributed by atoms with Crippen LogP contribution in [0.2, 0.25) is 0 Å². The lowest BCUT2D eigenvalue weighted by Gasteiger charge is -2.12. The van der Waals surface area contributed by atoms with Crippen molar-refractivity contribution in [1.29, 1.82) is 0 Å². The highest BCUT2D eigenvalue weighted by atomic mass is 79.9. The molecule has 0 aliphatic carbocycles. The quantitative estimate of drug-likeness (QED) is 0.266. The van der Waals surface area contributed by atoms with Crippen molar-refractivity contribution in [1.82, 2.24) is 9.88 Å². The third-order valence-electron chi connectivity index (χ3n) is 4.50. The van der Waals surface area contributed by atoms with Gasteiger partial charge in [0.2, 0.25) is 5.88 Å². The van der Waals surface area contributed by atoms with E-state index in [2.05, 4.69) is 44.7 Å². The summed E-state index contributed by atoms with van der Waals surface area (Å²) in [4.78, 5) is 11.1. The van der Waals surface area contributed by atoms with Gasteiger partial charge in [-0.3, -0.25) is 0 Å². The summed E-state index contributed by atoms with van der Waals surface area (Å²) >= 11 is 3.56. The Morgan fingerprint density at radius 3 is 2.60 bits per heavy atom. The van der Waals surface area contributed by atoms with Gasteiger partial charge in [0.1, 0.15) is 6.61 Å². The molecule has 4 nitrogen and oxygen atoms in total. The van der Waals surface area contributed by atoms with Gasteiger partial charge in [0, 0.05) is 30.3 Å². The van der Waals surface area contributed by atoms with Gasteiger partial charge >= 0.3 is 0 Å². The smallest absolute Gasteiger partial charge is 0.228 e. The van der Waals surface area contributed by atoms with Gasteiger partial charge in [0.05, 0.1) is 22.2 Å². The number of hydrogen-bond acceptors (Lipinski definition) is 3. The number of aromatic nitrogens is 1. The highest BCUT2D eigenvalue weighted by Gasteiger charge is 2.09. The van der Waals surface area contributed by atoms with Gasteiger partial charge < -0.3 is 9.64 Å². The molecule has 1 heterocycles. The fourth-order valence-corrected chi connectivity index (χ4v) is 3.02. The molecule has 0 fully saturated rings. The zero-order valence-electron chi connectivity index (χ0n) is 17.4. The number of benzene rings is 2. The zero-order valence-corrected chi connectivity index (χ0v) is 19.0. The number of ether oxygens (including phenoxy) is 1. The van der Waals surface area contributed by atoms with E-state index in [1.54, 1.807) is 6.34 Å². The summed E-state index contributed by atoms with van der Waals surface area (Å²) < 4.78 is 6.78. The fraction of sp³-hybridized carbons (Fsp3) is 0.200. The van der Waals surface area contributed by atoms with E-state index in [4.69, 9.17) is 4.74 Å². The Kier molecular flexibility index (Phi) is 7.64. The first-order chi connectivity index (χ1) is 14.6. The van der Waals surface area contributed by atoms with Gasteiger partial charge in [0.25, 0.3) is 0 Å². The molecule has 0 unspecified atom stereocenters. The number of halogens is 1. The molecule has 2 aromatic carbocycles. The van der Waals surface area contributed by atoms with Crippen LogP contribution in [0.5, 0.6) is 5.88 Å². The summed E-state index contributed by atoms with van der Waals surface area (Å²) in [6.07, 6.45) is 1.80. The Bertz CT molecular complexity index is 1080. The molecule has 0 radical (unpaired) electrons. The SMILES string of the molecule is CCN(C)/C=N/c1cc(Br)c(OCc2ccccc2C#Cc2ccccc2)nc1C. The highest BCUT2D eigenvalue weighted by Crippen LogP contribution is 2.30. The lowest BCUT2D eigenvalue weighted by Crippen LogP contribution is -2.14. The van der Waals surface area contributed by atoms with Gasteiger partial charge in [0.15, 0.2) is 0 Å². The summed E-state index contributed by atoms with van der Waals surface area (Å²) in [5.41, 5.74) is 4.56. The Hall–Kier alpha value is -3.10. The van der Waals surface area contributed by atoms with Gasteiger partial charge in [-0.1, -0.05) is 48.2 Å². The van der Waals surface area contributed by atoms with Crippen molar-refractivity contribution >= 4 is 28.0 Å². The van der Waals surface area contributed by atoms with E-state index < -0.39 is 0 Å². The Morgan fingerprint density at radius 2 is 1.83 bits per heavy atom. The first kappa shape index (κ1) is 21.6. The second-order valence-corrected chi connectivity index (χ2v) is 7.61. The molecule has 0 spiro atoms. The predicted molar refractivity (Wildman–Crippen MR) is 126 cm³/mol. The minimum atomic E-state index is 0.381. The minimum Gasteiger partial charge on any atom is -0.472 e. The number of aliphatic imine (C=N–C) groups is 1. The van der Waals surface area contributed by atoms with Crippen LogP contribution in [0.15, 0.2) is 70.1 Å². The lowest BCUT2D eigenvalue weighted by atomic mass is 10.1. The van der Waals surface area contributed by atoms with E-state index in [1.165, 1.54) is 0 Å².